The van der Waals surface area contributed by atoms with Crippen molar-refractivity contribution in [2.24, 2.45) is 0 Å². The minimum atomic E-state index is -0.555. The first-order valence-corrected chi connectivity index (χ1v) is 7.93. The Hall–Kier alpha value is -1.59. The molecule has 2 N–H and O–H groups in total. The molecule has 6 heteroatoms. The second-order valence-electron chi connectivity index (χ2n) is 5.44. The van der Waals surface area contributed by atoms with Crippen molar-refractivity contribution in [2.75, 3.05) is 19.6 Å². The van der Waals surface area contributed by atoms with Crippen LogP contribution >= 0.6 is 0 Å². The van der Waals surface area contributed by atoms with E-state index < -0.39 is 6.04 Å². The number of amides is 3. The van der Waals surface area contributed by atoms with E-state index in [1.54, 1.807) is 4.90 Å². The van der Waals surface area contributed by atoms with E-state index in [2.05, 4.69) is 10.6 Å². The molecule has 3 amide bonds. The molecule has 0 aromatic rings. The van der Waals surface area contributed by atoms with Crippen LogP contribution in [0.25, 0.3) is 0 Å². The molecule has 1 aliphatic heterocycles. The van der Waals surface area contributed by atoms with Gasteiger partial charge in [0.05, 0.1) is 6.54 Å². The van der Waals surface area contributed by atoms with Crippen LogP contribution in [0.4, 0.5) is 0 Å². The Labute approximate surface area is 126 Å². The van der Waals surface area contributed by atoms with Crippen molar-refractivity contribution in [3.05, 3.63) is 0 Å². The van der Waals surface area contributed by atoms with Gasteiger partial charge in [0.15, 0.2) is 0 Å². The Bertz CT molecular complexity index is 365. The lowest BCUT2D eigenvalue weighted by Crippen LogP contribution is -2.49. The number of unbranched alkanes of at least 4 members (excludes halogenated alkanes) is 1. The van der Waals surface area contributed by atoms with Gasteiger partial charge in [0.1, 0.15) is 6.04 Å². The largest absolute Gasteiger partial charge is 0.345 e. The van der Waals surface area contributed by atoms with Crippen LogP contribution in [0.1, 0.15) is 52.4 Å². The Morgan fingerprint density at radius 3 is 2.38 bits per heavy atom. The zero-order valence-corrected chi connectivity index (χ0v) is 13.1. The lowest BCUT2D eigenvalue weighted by Gasteiger charge is -2.19. The fourth-order valence-corrected chi connectivity index (χ4v) is 2.32. The van der Waals surface area contributed by atoms with Crippen LogP contribution in [-0.4, -0.2) is 48.3 Å². The molecular weight excluding hydrogens is 270 g/mol. The number of rotatable bonds is 8. The first-order valence-electron chi connectivity index (χ1n) is 7.93. The summed E-state index contributed by atoms with van der Waals surface area (Å²) in [7, 11) is 0. The van der Waals surface area contributed by atoms with E-state index in [9.17, 15) is 14.4 Å². The van der Waals surface area contributed by atoms with Gasteiger partial charge in [-0.05, 0) is 25.7 Å². The van der Waals surface area contributed by atoms with Gasteiger partial charge in [0, 0.05) is 19.5 Å². The average molecular weight is 297 g/mol. The van der Waals surface area contributed by atoms with E-state index in [1.165, 1.54) is 0 Å². The number of nitrogens with zero attached hydrogens (tertiary/aromatic N) is 1. The number of nitrogens with one attached hydrogen (secondary N) is 2. The quantitative estimate of drug-likeness (QED) is 0.696. The van der Waals surface area contributed by atoms with E-state index in [1.807, 2.05) is 13.8 Å². The van der Waals surface area contributed by atoms with Crippen LogP contribution in [-0.2, 0) is 14.4 Å². The minimum Gasteiger partial charge on any atom is -0.345 e. The van der Waals surface area contributed by atoms with Crippen LogP contribution < -0.4 is 10.6 Å². The van der Waals surface area contributed by atoms with Crippen molar-refractivity contribution >= 4 is 17.7 Å². The first kappa shape index (κ1) is 17.5. The predicted molar refractivity (Wildman–Crippen MR) is 80.6 cm³/mol. The molecule has 0 spiro atoms. The van der Waals surface area contributed by atoms with Crippen LogP contribution in [0.3, 0.4) is 0 Å². The molecular formula is C15H27N3O3. The molecule has 1 atom stereocenters. The zero-order chi connectivity index (χ0) is 15.7. The average Bonchev–Trinajstić information content (AvgIpc) is 3.02. The summed E-state index contributed by atoms with van der Waals surface area (Å²) in [5.74, 6) is -0.437. The van der Waals surface area contributed by atoms with Crippen LogP contribution in [0.2, 0.25) is 0 Å². The maximum atomic E-state index is 12.0. The van der Waals surface area contributed by atoms with Crippen molar-refractivity contribution < 1.29 is 14.4 Å². The summed E-state index contributed by atoms with van der Waals surface area (Å²) in [6.07, 6.45) is 4.78. The summed E-state index contributed by atoms with van der Waals surface area (Å²) in [6.45, 7) is 5.42. The molecule has 1 fully saturated rings. The third-order valence-corrected chi connectivity index (χ3v) is 3.69. The van der Waals surface area contributed by atoms with Crippen molar-refractivity contribution in [3.8, 4) is 0 Å². The highest BCUT2D eigenvalue weighted by molar-refractivity contribution is 5.90. The van der Waals surface area contributed by atoms with E-state index in [0.29, 0.717) is 12.8 Å². The van der Waals surface area contributed by atoms with Gasteiger partial charge >= 0.3 is 0 Å². The molecule has 0 bridgehead atoms. The molecule has 1 unspecified atom stereocenters. The topological polar surface area (TPSA) is 78.5 Å². The second-order valence-corrected chi connectivity index (χ2v) is 5.44. The lowest BCUT2D eigenvalue weighted by atomic mass is 10.2. The third-order valence-electron chi connectivity index (χ3n) is 3.69. The molecule has 120 valence electrons. The zero-order valence-electron chi connectivity index (χ0n) is 13.1. The van der Waals surface area contributed by atoms with Gasteiger partial charge in [-0.2, -0.15) is 0 Å². The second kappa shape index (κ2) is 9.37. The number of hydrogen-bond acceptors (Lipinski definition) is 3. The van der Waals surface area contributed by atoms with E-state index in [-0.39, 0.29) is 24.3 Å². The van der Waals surface area contributed by atoms with Gasteiger partial charge < -0.3 is 15.5 Å². The number of carbonyl (C=O) groups excluding carboxylic acids is 3. The summed E-state index contributed by atoms with van der Waals surface area (Å²) in [5, 5.41) is 5.35. The number of likely N-dealkylation sites (tertiary alicyclic amines) is 1. The van der Waals surface area contributed by atoms with E-state index >= 15 is 0 Å². The fourth-order valence-electron chi connectivity index (χ4n) is 2.32. The van der Waals surface area contributed by atoms with Crippen LogP contribution in [0, 0.1) is 0 Å². The van der Waals surface area contributed by atoms with Gasteiger partial charge in [-0.1, -0.05) is 20.3 Å². The predicted octanol–water partition coefficient (Wildman–Crippen LogP) is 0.810. The summed E-state index contributed by atoms with van der Waals surface area (Å²) in [6, 6.07) is -0.555. The minimum absolute atomic E-state index is 0.0141. The van der Waals surface area contributed by atoms with Crippen molar-refractivity contribution in [1.29, 1.82) is 0 Å². The Morgan fingerprint density at radius 2 is 1.81 bits per heavy atom. The molecule has 0 aromatic carbocycles. The molecule has 1 aliphatic rings. The highest BCUT2D eigenvalue weighted by atomic mass is 16.2. The molecule has 1 saturated heterocycles. The molecule has 0 saturated carbocycles. The lowest BCUT2D eigenvalue weighted by molar-refractivity contribution is -0.133. The Morgan fingerprint density at radius 1 is 1.14 bits per heavy atom. The van der Waals surface area contributed by atoms with Gasteiger partial charge in [-0.25, -0.2) is 0 Å². The fraction of sp³-hybridized carbons (Fsp3) is 0.800. The van der Waals surface area contributed by atoms with E-state index in [0.717, 1.165) is 38.8 Å². The van der Waals surface area contributed by atoms with Gasteiger partial charge in [-0.3, -0.25) is 14.4 Å². The molecule has 0 aromatic heterocycles. The Balaban J connectivity index is 2.33. The number of carbonyl (C=O) groups is 3. The maximum Gasteiger partial charge on any atom is 0.243 e. The molecule has 1 rings (SSSR count). The molecule has 0 radical (unpaired) electrons. The smallest absolute Gasteiger partial charge is 0.243 e. The normalized spacial score (nSPS) is 15.6. The van der Waals surface area contributed by atoms with Crippen LogP contribution in [0.5, 0.6) is 0 Å². The summed E-state index contributed by atoms with van der Waals surface area (Å²) >= 11 is 0. The highest BCUT2D eigenvalue weighted by Crippen LogP contribution is 2.06. The first-order chi connectivity index (χ1) is 10.1. The standard InChI is InChI=1S/C15H27N3O3/c1-3-5-8-13(19)17-12(4-2)15(21)16-11-14(20)18-9-6-7-10-18/h12H,3-11H2,1-2H3,(H,16,21)(H,17,19). The highest BCUT2D eigenvalue weighted by Gasteiger charge is 2.21. The molecule has 1 heterocycles. The van der Waals surface area contributed by atoms with Gasteiger partial charge in [-0.15, -0.1) is 0 Å². The Kier molecular flexibility index (Phi) is 7.79. The van der Waals surface area contributed by atoms with Gasteiger partial charge in [0.25, 0.3) is 0 Å². The summed E-state index contributed by atoms with van der Waals surface area (Å²) in [5.41, 5.74) is 0. The molecule has 6 nitrogen and oxygen atoms in total. The molecule has 21 heavy (non-hydrogen) atoms. The van der Waals surface area contributed by atoms with Crippen LogP contribution in [0.15, 0.2) is 0 Å². The van der Waals surface area contributed by atoms with Crippen molar-refractivity contribution in [3.63, 3.8) is 0 Å². The van der Waals surface area contributed by atoms with Gasteiger partial charge in [0.2, 0.25) is 17.7 Å². The third kappa shape index (κ3) is 6.14. The van der Waals surface area contributed by atoms with Crippen molar-refractivity contribution in [1.82, 2.24) is 15.5 Å². The van der Waals surface area contributed by atoms with Crippen molar-refractivity contribution in [2.45, 2.75) is 58.4 Å². The summed E-state index contributed by atoms with van der Waals surface area (Å²) in [4.78, 5) is 37.3. The van der Waals surface area contributed by atoms with E-state index in [4.69, 9.17) is 0 Å². The monoisotopic (exact) mass is 297 g/mol. The SMILES string of the molecule is CCCCC(=O)NC(CC)C(=O)NCC(=O)N1CCCC1. The molecule has 0 aliphatic carbocycles. The summed E-state index contributed by atoms with van der Waals surface area (Å²) < 4.78 is 0. The maximum absolute atomic E-state index is 12.0. The number of hydrogen-bond donors (Lipinski definition) is 2.